The Balaban J connectivity index is 0. The van der Waals surface area contributed by atoms with Crippen molar-refractivity contribution in [3.8, 4) is 0 Å². The van der Waals surface area contributed by atoms with Crippen LogP contribution in [0.1, 0.15) is 38.5 Å². The molecule has 16 heteroatoms. The first-order valence-corrected chi connectivity index (χ1v) is 11.0. The van der Waals surface area contributed by atoms with Gasteiger partial charge in [0.25, 0.3) is 0 Å². The Morgan fingerprint density at radius 3 is 1.19 bits per heavy atom. The van der Waals surface area contributed by atoms with Gasteiger partial charge < -0.3 is 66.4 Å². The van der Waals surface area contributed by atoms with Gasteiger partial charge in [-0.25, -0.2) is 9.59 Å². The van der Waals surface area contributed by atoms with E-state index in [0.29, 0.717) is 6.42 Å². The van der Waals surface area contributed by atoms with Crippen LogP contribution in [-0.2, 0) is 14.4 Å². The quantitative estimate of drug-likeness (QED) is 0.105. The Morgan fingerprint density at radius 1 is 0.611 bits per heavy atom. The smallest absolute Gasteiger partial charge is 0.335 e. The van der Waals surface area contributed by atoms with Gasteiger partial charge in [-0.15, -0.1) is 0 Å². The van der Waals surface area contributed by atoms with Crippen molar-refractivity contribution in [3.05, 3.63) is 0 Å². The predicted octanol–water partition coefficient (Wildman–Crippen LogP) is -4.94. The summed E-state index contributed by atoms with van der Waals surface area (Å²) in [5.41, 5.74) is 0. The van der Waals surface area contributed by atoms with Crippen molar-refractivity contribution in [2.75, 3.05) is 13.2 Å². The van der Waals surface area contributed by atoms with Crippen LogP contribution in [0.15, 0.2) is 0 Å². The van der Waals surface area contributed by atoms with E-state index in [1.807, 2.05) is 0 Å². The molecule has 1 aliphatic rings. The third kappa shape index (κ3) is 14.5. The molecule has 0 radical (unpaired) electrons. The van der Waals surface area contributed by atoms with Crippen LogP contribution < -0.4 is 0 Å². The van der Waals surface area contributed by atoms with E-state index < -0.39 is 80.0 Å². The number of carboxylic acids is 3. The topological polar surface area (TPSA) is 314 Å². The maximum atomic E-state index is 10.2. The molecular weight excluding hydrogens is 496 g/mol. The van der Waals surface area contributed by atoms with E-state index in [0.717, 1.165) is 12.3 Å². The maximum Gasteiger partial charge on any atom is 0.335 e. The van der Waals surface area contributed by atoms with Crippen molar-refractivity contribution in [2.45, 2.75) is 87.4 Å². The molecule has 0 aliphatic heterocycles. The zero-order chi connectivity index (χ0) is 28.6. The van der Waals surface area contributed by atoms with Gasteiger partial charge in [0.1, 0.15) is 36.6 Å². The molecule has 0 aromatic heterocycles. The normalized spacial score (nSPS) is 20.2. The van der Waals surface area contributed by atoms with Crippen LogP contribution in [0.25, 0.3) is 0 Å². The van der Waals surface area contributed by atoms with Gasteiger partial charge in [0, 0.05) is 6.42 Å². The summed E-state index contributed by atoms with van der Waals surface area (Å²) >= 11 is 0. The second-order valence-corrected chi connectivity index (χ2v) is 8.11. The van der Waals surface area contributed by atoms with Gasteiger partial charge in [-0.2, -0.15) is 0 Å². The van der Waals surface area contributed by atoms with Crippen molar-refractivity contribution in [3.63, 3.8) is 0 Å². The summed E-state index contributed by atoms with van der Waals surface area (Å²) in [4.78, 5) is 30.3. The van der Waals surface area contributed by atoms with Gasteiger partial charge in [0.05, 0.1) is 13.2 Å². The first kappa shape index (κ1) is 36.2. The molecule has 0 unspecified atom stereocenters. The molecule has 0 saturated heterocycles. The summed E-state index contributed by atoms with van der Waals surface area (Å²) < 4.78 is 0. The number of aliphatic hydroxyl groups is 10. The zero-order valence-corrected chi connectivity index (χ0v) is 19.4. The lowest BCUT2D eigenvalue weighted by molar-refractivity contribution is -0.164. The van der Waals surface area contributed by atoms with E-state index in [9.17, 15) is 14.4 Å². The minimum absolute atomic E-state index is 0.366. The lowest BCUT2D eigenvalue weighted by Crippen LogP contribution is -2.48. The number of hydrogen-bond acceptors (Lipinski definition) is 13. The van der Waals surface area contributed by atoms with Crippen LogP contribution in [0.5, 0.6) is 0 Å². The molecular formula is C20H38O16. The zero-order valence-electron chi connectivity index (χ0n) is 19.4. The third-order valence-corrected chi connectivity index (χ3v) is 5.26. The van der Waals surface area contributed by atoms with E-state index in [1.54, 1.807) is 0 Å². The highest BCUT2D eigenvalue weighted by Gasteiger charge is 2.34. The van der Waals surface area contributed by atoms with E-state index >= 15 is 0 Å². The van der Waals surface area contributed by atoms with Gasteiger partial charge in [-0.3, -0.25) is 4.79 Å². The number of hydrogen-bond donors (Lipinski definition) is 13. The van der Waals surface area contributed by atoms with Gasteiger partial charge >= 0.3 is 17.9 Å². The molecule has 0 spiro atoms. The maximum absolute atomic E-state index is 10.2. The Labute approximate surface area is 205 Å². The number of rotatable bonds is 13. The Kier molecular flexibility index (Phi) is 19.3. The first-order chi connectivity index (χ1) is 16.6. The molecule has 0 bridgehead atoms. The van der Waals surface area contributed by atoms with Gasteiger partial charge in [0.15, 0.2) is 12.2 Å². The van der Waals surface area contributed by atoms with Crippen molar-refractivity contribution < 1.29 is 80.8 Å². The summed E-state index contributed by atoms with van der Waals surface area (Å²) in [6, 6.07) is 0. The average molecular weight is 535 g/mol. The molecule has 1 saturated carbocycles. The molecule has 0 aromatic rings. The minimum atomic E-state index is -2.20. The second-order valence-electron chi connectivity index (χ2n) is 8.11. The van der Waals surface area contributed by atoms with Crippen molar-refractivity contribution in [1.82, 2.24) is 0 Å². The van der Waals surface area contributed by atoms with E-state index in [-0.39, 0.29) is 0 Å². The molecule has 36 heavy (non-hydrogen) atoms. The van der Waals surface area contributed by atoms with E-state index in [4.69, 9.17) is 66.4 Å². The fourth-order valence-electron chi connectivity index (χ4n) is 2.96. The monoisotopic (exact) mass is 534 g/mol. The Bertz CT molecular complexity index is 587. The molecule has 13 N–H and O–H groups in total. The van der Waals surface area contributed by atoms with Crippen molar-refractivity contribution in [1.29, 1.82) is 0 Å². The fraction of sp³-hybridized carbons (Fsp3) is 0.850. The number of carboxylic acid groups (broad SMARTS) is 3. The summed E-state index contributed by atoms with van der Waals surface area (Å²) in [7, 11) is 0. The largest absolute Gasteiger partial charge is 0.481 e. The SMILES string of the molecule is O=C(O)CCC1CCCC1.O=C(O)[C@H](O)[C@@H](O)[C@H](O)[C@H](O)CO.O=C(O)[C@H](O)[C@@H](O)[C@H](O)[C@H](O)CO. The molecule has 1 aliphatic carbocycles. The standard InChI is InChI=1S/C8H14O2.2C6H12O7/c9-8(10)6-5-7-3-1-2-4-7;2*7-1-2(8)3(9)4(10)5(11)6(12)13/h7H,1-6H2,(H,9,10);2*2-5,7-11H,1H2,(H,12,13)/t;2*2-,3-,4+,5-/m.11/s1. The van der Waals surface area contributed by atoms with Gasteiger partial charge in [-0.1, -0.05) is 25.7 Å². The highest BCUT2D eigenvalue weighted by molar-refractivity contribution is 5.73. The molecule has 0 heterocycles. The molecule has 8 atom stereocenters. The van der Waals surface area contributed by atoms with Gasteiger partial charge in [0.2, 0.25) is 0 Å². The van der Waals surface area contributed by atoms with Gasteiger partial charge in [-0.05, 0) is 12.3 Å². The summed E-state index contributed by atoms with van der Waals surface area (Å²) in [5, 5.41) is 112. The van der Waals surface area contributed by atoms with Crippen LogP contribution in [0, 0.1) is 5.92 Å². The molecule has 0 aromatic carbocycles. The average Bonchev–Trinajstić information content (AvgIpc) is 3.38. The lowest BCUT2D eigenvalue weighted by atomic mass is 10.0. The number of carbonyl (C=O) groups is 3. The molecule has 16 nitrogen and oxygen atoms in total. The van der Waals surface area contributed by atoms with Crippen LogP contribution in [0.2, 0.25) is 0 Å². The Morgan fingerprint density at radius 2 is 0.944 bits per heavy atom. The number of aliphatic carboxylic acids is 3. The molecule has 1 fully saturated rings. The minimum Gasteiger partial charge on any atom is -0.481 e. The molecule has 214 valence electrons. The lowest BCUT2D eigenvalue weighted by Gasteiger charge is -2.23. The molecule has 1 rings (SSSR count). The second kappa shape index (κ2) is 19.2. The summed E-state index contributed by atoms with van der Waals surface area (Å²) in [6.07, 6.45) is -9.28. The van der Waals surface area contributed by atoms with Crippen molar-refractivity contribution in [2.24, 2.45) is 5.92 Å². The first-order valence-electron chi connectivity index (χ1n) is 11.0. The summed E-state index contributed by atoms with van der Waals surface area (Å²) in [6.45, 7) is -1.69. The number of aliphatic hydroxyl groups excluding tert-OH is 10. The van der Waals surface area contributed by atoms with Crippen LogP contribution in [-0.4, -0.2) is 146 Å². The third-order valence-electron chi connectivity index (χ3n) is 5.26. The van der Waals surface area contributed by atoms with Crippen LogP contribution in [0.3, 0.4) is 0 Å². The van der Waals surface area contributed by atoms with Crippen LogP contribution >= 0.6 is 0 Å². The van der Waals surface area contributed by atoms with E-state index in [2.05, 4.69) is 0 Å². The fourth-order valence-corrected chi connectivity index (χ4v) is 2.96. The Hall–Kier alpha value is -1.99. The van der Waals surface area contributed by atoms with Crippen molar-refractivity contribution >= 4 is 17.9 Å². The highest BCUT2D eigenvalue weighted by Crippen LogP contribution is 2.28. The highest BCUT2D eigenvalue weighted by atomic mass is 16.4. The predicted molar refractivity (Wildman–Crippen MR) is 116 cm³/mol. The molecule has 0 amide bonds. The summed E-state index contributed by atoms with van der Waals surface area (Å²) in [5.74, 6) is -3.38. The van der Waals surface area contributed by atoms with E-state index in [1.165, 1.54) is 25.7 Å². The van der Waals surface area contributed by atoms with Crippen LogP contribution in [0.4, 0.5) is 0 Å².